The van der Waals surface area contributed by atoms with Crippen LogP contribution >= 0.6 is 0 Å². The number of nitrogens with zero attached hydrogens (tertiary/aromatic N) is 1. The molecule has 0 heterocycles. The van der Waals surface area contributed by atoms with E-state index in [1.165, 1.54) is 4.90 Å². The minimum Gasteiger partial charge on any atom is -0.444 e. The largest absolute Gasteiger partial charge is 0.444 e. The molecular weight excluding hydrogens is 194 g/mol. The summed E-state index contributed by atoms with van der Waals surface area (Å²) in [4.78, 5) is 12.9. The van der Waals surface area contributed by atoms with Crippen LogP contribution in [-0.2, 0) is 4.74 Å². The topological polar surface area (TPSA) is 49.8 Å². The lowest BCUT2D eigenvalue weighted by Crippen LogP contribution is -2.40. The number of amides is 1. The summed E-state index contributed by atoms with van der Waals surface area (Å²) in [6, 6.07) is 0. The Morgan fingerprint density at radius 1 is 1.60 bits per heavy atom. The van der Waals surface area contributed by atoms with Gasteiger partial charge in [-0.3, -0.25) is 4.90 Å². The number of aliphatic hydroxyl groups is 1. The van der Waals surface area contributed by atoms with Crippen molar-refractivity contribution in [2.45, 2.75) is 39.4 Å². The van der Waals surface area contributed by atoms with Crippen molar-refractivity contribution in [2.24, 2.45) is 0 Å². The highest BCUT2D eigenvalue weighted by Crippen LogP contribution is 2.09. The zero-order chi connectivity index (χ0) is 12.1. The van der Waals surface area contributed by atoms with Crippen LogP contribution in [0, 0.1) is 12.3 Å². The van der Waals surface area contributed by atoms with Crippen molar-refractivity contribution in [1.29, 1.82) is 0 Å². The average molecular weight is 213 g/mol. The maximum absolute atomic E-state index is 11.6. The Hall–Kier alpha value is -1.21. The molecule has 1 unspecified atom stereocenters. The minimum absolute atomic E-state index is 0.139. The molecule has 15 heavy (non-hydrogen) atoms. The van der Waals surface area contributed by atoms with Gasteiger partial charge in [0.05, 0.1) is 19.2 Å². The Morgan fingerprint density at radius 2 is 2.13 bits per heavy atom. The third-order valence-electron chi connectivity index (χ3n) is 1.42. The van der Waals surface area contributed by atoms with Gasteiger partial charge in [-0.2, -0.15) is 0 Å². The summed E-state index contributed by atoms with van der Waals surface area (Å²) in [5.74, 6) is 2.35. The molecule has 0 fully saturated rings. The van der Waals surface area contributed by atoms with Gasteiger partial charge < -0.3 is 9.84 Å². The standard InChI is InChI=1S/C11H19NO3/c1-6-7-12(8-9(2)13)10(14)15-11(3,4)5/h1,9,13H,7-8H2,2-5H3. The lowest BCUT2D eigenvalue weighted by atomic mass is 10.2. The van der Waals surface area contributed by atoms with Gasteiger partial charge in [0.25, 0.3) is 0 Å². The fourth-order valence-electron chi connectivity index (χ4n) is 0.959. The number of hydrogen-bond donors (Lipinski definition) is 1. The van der Waals surface area contributed by atoms with E-state index in [4.69, 9.17) is 11.2 Å². The maximum atomic E-state index is 11.6. The molecule has 0 saturated heterocycles. The number of rotatable bonds is 3. The van der Waals surface area contributed by atoms with Crippen LogP contribution in [0.4, 0.5) is 4.79 Å². The first-order chi connectivity index (χ1) is 6.76. The first-order valence-electron chi connectivity index (χ1n) is 4.85. The van der Waals surface area contributed by atoms with Crippen LogP contribution in [0.5, 0.6) is 0 Å². The van der Waals surface area contributed by atoms with E-state index in [0.717, 1.165) is 0 Å². The summed E-state index contributed by atoms with van der Waals surface area (Å²) in [5, 5.41) is 9.18. The van der Waals surface area contributed by atoms with Gasteiger partial charge in [0, 0.05) is 0 Å². The molecule has 0 aliphatic carbocycles. The Morgan fingerprint density at radius 3 is 2.47 bits per heavy atom. The van der Waals surface area contributed by atoms with Crippen molar-refractivity contribution in [3.8, 4) is 12.3 Å². The number of terminal acetylenes is 1. The van der Waals surface area contributed by atoms with Crippen LogP contribution in [-0.4, -0.2) is 40.9 Å². The molecule has 0 spiro atoms. The van der Waals surface area contributed by atoms with Gasteiger partial charge in [0.1, 0.15) is 5.60 Å². The summed E-state index contributed by atoms with van der Waals surface area (Å²) < 4.78 is 5.13. The predicted octanol–water partition coefficient (Wildman–Crippen LogP) is 1.24. The fourth-order valence-corrected chi connectivity index (χ4v) is 0.959. The summed E-state index contributed by atoms with van der Waals surface area (Å²) in [6.07, 6.45) is 4.01. The Balaban J connectivity index is 4.37. The van der Waals surface area contributed by atoms with Crippen molar-refractivity contribution in [2.75, 3.05) is 13.1 Å². The molecule has 0 rings (SSSR count). The summed E-state index contributed by atoms with van der Waals surface area (Å²) in [6.45, 7) is 7.25. The first kappa shape index (κ1) is 13.8. The van der Waals surface area contributed by atoms with Crippen LogP contribution in [0.2, 0.25) is 0 Å². The minimum atomic E-state index is -0.620. The first-order valence-corrected chi connectivity index (χ1v) is 4.85. The number of aliphatic hydroxyl groups excluding tert-OH is 1. The Labute approximate surface area is 91.2 Å². The Bertz CT molecular complexity index is 248. The van der Waals surface area contributed by atoms with Crippen LogP contribution < -0.4 is 0 Å². The molecule has 0 aromatic carbocycles. The smallest absolute Gasteiger partial charge is 0.411 e. The lowest BCUT2D eigenvalue weighted by Gasteiger charge is -2.26. The van der Waals surface area contributed by atoms with Gasteiger partial charge in [0.2, 0.25) is 0 Å². The highest BCUT2D eigenvalue weighted by Gasteiger charge is 2.22. The van der Waals surface area contributed by atoms with Crippen LogP contribution in [0.1, 0.15) is 27.7 Å². The third-order valence-corrected chi connectivity index (χ3v) is 1.42. The number of ether oxygens (including phenoxy) is 1. The van der Waals surface area contributed by atoms with Crippen molar-refractivity contribution < 1.29 is 14.6 Å². The van der Waals surface area contributed by atoms with Crippen molar-refractivity contribution >= 4 is 6.09 Å². The van der Waals surface area contributed by atoms with Crippen molar-refractivity contribution in [3.63, 3.8) is 0 Å². The van der Waals surface area contributed by atoms with E-state index in [9.17, 15) is 9.90 Å². The van der Waals surface area contributed by atoms with Gasteiger partial charge in [-0.25, -0.2) is 4.79 Å². The molecular formula is C11H19NO3. The zero-order valence-electron chi connectivity index (χ0n) is 9.78. The van der Waals surface area contributed by atoms with Gasteiger partial charge in [0.15, 0.2) is 0 Å². The molecule has 0 aliphatic heterocycles. The quantitative estimate of drug-likeness (QED) is 0.717. The number of carbonyl (C=O) groups is 1. The second-order valence-electron chi connectivity index (χ2n) is 4.41. The molecule has 4 heteroatoms. The molecule has 0 saturated carbocycles. The molecule has 0 radical (unpaired) electrons. The normalized spacial score (nSPS) is 12.8. The second kappa shape index (κ2) is 5.62. The summed E-state index contributed by atoms with van der Waals surface area (Å²) in [7, 11) is 0. The number of hydrogen-bond acceptors (Lipinski definition) is 3. The van der Waals surface area contributed by atoms with Gasteiger partial charge in [-0.15, -0.1) is 6.42 Å². The molecule has 0 aromatic rings. The average Bonchev–Trinajstić information content (AvgIpc) is 1.99. The third kappa shape index (κ3) is 6.81. The SMILES string of the molecule is C#CCN(CC(C)O)C(=O)OC(C)(C)C. The van der Waals surface area contributed by atoms with Crippen LogP contribution in [0.3, 0.4) is 0 Å². The zero-order valence-corrected chi connectivity index (χ0v) is 9.78. The highest BCUT2D eigenvalue weighted by molar-refractivity contribution is 5.68. The van der Waals surface area contributed by atoms with Gasteiger partial charge in [-0.1, -0.05) is 5.92 Å². The number of carbonyl (C=O) groups excluding carboxylic acids is 1. The second-order valence-corrected chi connectivity index (χ2v) is 4.41. The molecule has 4 nitrogen and oxygen atoms in total. The van der Waals surface area contributed by atoms with Crippen LogP contribution in [0.25, 0.3) is 0 Å². The van der Waals surface area contributed by atoms with Crippen LogP contribution in [0.15, 0.2) is 0 Å². The molecule has 0 bridgehead atoms. The molecule has 86 valence electrons. The monoisotopic (exact) mass is 213 g/mol. The predicted molar refractivity (Wildman–Crippen MR) is 58.3 cm³/mol. The summed E-state index contributed by atoms with van der Waals surface area (Å²) >= 11 is 0. The molecule has 0 aliphatic rings. The van der Waals surface area contributed by atoms with E-state index < -0.39 is 17.8 Å². The molecule has 0 aromatic heterocycles. The lowest BCUT2D eigenvalue weighted by molar-refractivity contribution is 0.0192. The van der Waals surface area contributed by atoms with Gasteiger partial charge >= 0.3 is 6.09 Å². The van der Waals surface area contributed by atoms with E-state index in [1.54, 1.807) is 27.7 Å². The highest BCUT2D eigenvalue weighted by atomic mass is 16.6. The van der Waals surface area contributed by atoms with Gasteiger partial charge in [-0.05, 0) is 27.7 Å². The van der Waals surface area contributed by atoms with Crippen molar-refractivity contribution in [1.82, 2.24) is 4.90 Å². The van der Waals surface area contributed by atoms with E-state index in [-0.39, 0.29) is 13.1 Å². The molecule has 1 amide bonds. The van der Waals surface area contributed by atoms with E-state index in [1.807, 2.05) is 0 Å². The molecule has 1 atom stereocenters. The van der Waals surface area contributed by atoms with Crippen molar-refractivity contribution in [3.05, 3.63) is 0 Å². The maximum Gasteiger partial charge on any atom is 0.411 e. The molecule has 1 N–H and O–H groups in total. The fraction of sp³-hybridized carbons (Fsp3) is 0.727. The Kier molecular flexibility index (Phi) is 5.16. The van der Waals surface area contributed by atoms with E-state index in [0.29, 0.717) is 0 Å². The van der Waals surface area contributed by atoms with E-state index >= 15 is 0 Å². The van der Waals surface area contributed by atoms with E-state index in [2.05, 4.69) is 5.92 Å². The summed E-state index contributed by atoms with van der Waals surface area (Å²) in [5.41, 5.74) is -0.553.